The first-order valence-electron chi connectivity index (χ1n) is 10.7. The standard InChI is InChI=1S/C23H25FN4O2S/c24-19-2-1-3-20-21(19)27-23(31-20)30-18-8-4-14(5-9-18)10-11-26-15-12-16-6-7-17(13-15)28(16)22(25)29/h1-5,8-9,15-17,26H,6-7,10-13H2,(H2,25,29)/t15-,16-,17+. The van der Waals surface area contributed by atoms with E-state index in [1.54, 1.807) is 6.07 Å². The average Bonchev–Trinajstić information content (AvgIpc) is 3.28. The number of hydrogen-bond donors (Lipinski definition) is 2. The van der Waals surface area contributed by atoms with Gasteiger partial charge in [-0.15, -0.1) is 0 Å². The first kappa shape index (κ1) is 20.2. The molecule has 3 aromatic rings. The van der Waals surface area contributed by atoms with E-state index in [1.165, 1.54) is 23.0 Å². The number of carbonyl (C=O) groups is 1. The Morgan fingerprint density at radius 2 is 1.94 bits per heavy atom. The largest absolute Gasteiger partial charge is 0.431 e. The molecule has 0 unspecified atom stereocenters. The molecule has 2 aromatic carbocycles. The molecule has 162 valence electrons. The van der Waals surface area contributed by atoms with Crippen LogP contribution in [0.5, 0.6) is 10.9 Å². The van der Waals surface area contributed by atoms with Crippen LogP contribution in [-0.2, 0) is 6.42 Å². The van der Waals surface area contributed by atoms with Crippen molar-refractivity contribution in [1.82, 2.24) is 15.2 Å². The maximum absolute atomic E-state index is 13.8. The predicted octanol–water partition coefficient (Wildman–Crippen LogP) is 4.43. The van der Waals surface area contributed by atoms with Crippen molar-refractivity contribution in [2.24, 2.45) is 5.73 Å². The molecular weight excluding hydrogens is 415 g/mol. The summed E-state index contributed by atoms with van der Waals surface area (Å²) in [6.45, 7) is 0.887. The van der Waals surface area contributed by atoms with E-state index in [0.717, 1.165) is 43.3 Å². The number of nitrogens with zero attached hydrogens (tertiary/aromatic N) is 2. The zero-order valence-electron chi connectivity index (χ0n) is 17.1. The van der Waals surface area contributed by atoms with Gasteiger partial charge in [0.1, 0.15) is 17.1 Å². The van der Waals surface area contributed by atoms with Crippen molar-refractivity contribution in [1.29, 1.82) is 0 Å². The minimum absolute atomic E-state index is 0.274. The van der Waals surface area contributed by atoms with Crippen molar-refractivity contribution in [3.63, 3.8) is 0 Å². The van der Waals surface area contributed by atoms with Crippen molar-refractivity contribution in [2.45, 2.75) is 50.2 Å². The number of urea groups is 1. The predicted molar refractivity (Wildman–Crippen MR) is 119 cm³/mol. The lowest BCUT2D eigenvalue weighted by molar-refractivity contribution is 0.138. The molecule has 5 rings (SSSR count). The first-order chi connectivity index (χ1) is 15.1. The lowest BCUT2D eigenvalue weighted by atomic mass is 9.97. The molecule has 2 fully saturated rings. The summed E-state index contributed by atoms with van der Waals surface area (Å²) in [5.74, 6) is 0.353. The van der Waals surface area contributed by atoms with Crippen LogP contribution in [0.1, 0.15) is 31.2 Å². The molecule has 1 aromatic heterocycles. The molecule has 3 atom stereocenters. The molecule has 2 saturated heterocycles. The number of para-hydroxylation sites is 1. The molecule has 2 amide bonds. The van der Waals surface area contributed by atoms with Crippen molar-refractivity contribution in [3.8, 4) is 10.9 Å². The highest BCUT2D eigenvalue weighted by Crippen LogP contribution is 2.35. The van der Waals surface area contributed by atoms with Crippen LogP contribution < -0.4 is 15.8 Å². The number of thiazole rings is 1. The summed E-state index contributed by atoms with van der Waals surface area (Å²) in [5, 5.41) is 4.09. The van der Waals surface area contributed by atoms with Gasteiger partial charge in [0.15, 0.2) is 0 Å². The Labute approximate surface area is 184 Å². The zero-order chi connectivity index (χ0) is 21.4. The lowest BCUT2D eigenvalue weighted by Gasteiger charge is -2.38. The SMILES string of the molecule is NC(=O)N1[C@@H]2CC[C@H]1C[C@H](NCCc1ccc(Oc3nc4c(F)cccc4s3)cc1)C2. The second-order valence-electron chi connectivity index (χ2n) is 8.32. The smallest absolute Gasteiger partial charge is 0.315 e. The maximum Gasteiger partial charge on any atom is 0.315 e. The lowest BCUT2D eigenvalue weighted by Crippen LogP contribution is -2.53. The van der Waals surface area contributed by atoms with Gasteiger partial charge in [-0.3, -0.25) is 0 Å². The van der Waals surface area contributed by atoms with Crippen molar-refractivity contribution in [3.05, 3.63) is 53.8 Å². The Morgan fingerprint density at radius 3 is 2.61 bits per heavy atom. The highest BCUT2D eigenvalue weighted by Gasteiger charge is 2.42. The number of benzene rings is 2. The van der Waals surface area contributed by atoms with E-state index in [4.69, 9.17) is 10.5 Å². The van der Waals surface area contributed by atoms with E-state index in [-0.39, 0.29) is 11.8 Å². The van der Waals surface area contributed by atoms with Gasteiger partial charge in [0, 0.05) is 18.1 Å². The molecule has 0 spiro atoms. The number of carbonyl (C=O) groups excluding carboxylic acids is 1. The number of primary amides is 1. The van der Waals surface area contributed by atoms with Crippen LogP contribution in [0.3, 0.4) is 0 Å². The summed E-state index contributed by atoms with van der Waals surface area (Å²) in [6, 6.07) is 13.6. The fraction of sp³-hybridized carbons (Fsp3) is 0.391. The molecule has 8 heteroatoms. The van der Waals surface area contributed by atoms with Gasteiger partial charge in [-0.2, -0.15) is 4.98 Å². The van der Waals surface area contributed by atoms with E-state index < -0.39 is 0 Å². The third-order valence-corrected chi connectivity index (χ3v) is 7.21. The Morgan fingerprint density at radius 1 is 1.19 bits per heavy atom. The number of nitrogens with two attached hydrogens (primary N) is 1. The number of aromatic nitrogens is 1. The van der Waals surface area contributed by atoms with E-state index in [0.29, 0.717) is 34.6 Å². The minimum atomic E-state index is -0.334. The van der Waals surface area contributed by atoms with Gasteiger partial charge >= 0.3 is 6.03 Å². The Balaban J connectivity index is 1.12. The fourth-order valence-electron chi connectivity index (χ4n) is 4.89. The maximum atomic E-state index is 13.8. The van der Waals surface area contributed by atoms with Gasteiger partial charge in [-0.1, -0.05) is 29.5 Å². The highest BCUT2D eigenvalue weighted by atomic mass is 32.1. The summed E-state index contributed by atoms with van der Waals surface area (Å²) in [5.41, 5.74) is 7.10. The fourth-order valence-corrected chi connectivity index (χ4v) is 5.74. The average molecular weight is 441 g/mol. The summed E-state index contributed by atoms with van der Waals surface area (Å²) in [7, 11) is 0. The number of ether oxygens (including phenoxy) is 1. The topological polar surface area (TPSA) is 80.5 Å². The van der Waals surface area contributed by atoms with Gasteiger partial charge < -0.3 is 20.7 Å². The number of amides is 2. The molecule has 0 radical (unpaired) electrons. The van der Waals surface area contributed by atoms with Crippen LogP contribution in [0.25, 0.3) is 10.2 Å². The highest BCUT2D eigenvalue weighted by molar-refractivity contribution is 7.20. The van der Waals surface area contributed by atoms with Crippen LogP contribution in [-0.4, -0.2) is 40.6 Å². The normalized spacial score (nSPS) is 22.7. The second-order valence-corrected chi connectivity index (χ2v) is 9.31. The van der Waals surface area contributed by atoms with E-state index in [2.05, 4.69) is 10.3 Å². The minimum Gasteiger partial charge on any atom is -0.431 e. The molecule has 0 aliphatic carbocycles. The number of hydrogen-bond acceptors (Lipinski definition) is 5. The Hall–Kier alpha value is -2.71. The summed E-state index contributed by atoms with van der Waals surface area (Å²) < 4.78 is 20.4. The Bertz CT molecular complexity index is 1070. The molecule has 3 N–H and O–H groups in total. The molecule has 2 bridgehead atoms. The van der Waals surface area contributed by atoms with Gasteiger partial charge in [0.2, 0.25) is 0 Å². The Kier molecular flexibility index (Phi) is 5.50. The van der Waals surface area contributed by atoms with Gasteiger partial charge in [0.25, 0.3) is 5.19 Å². The summed E-state index contributed by atoms with van der Waals surface area (Å²) >= 11 is 1.33. The van der Waals surface area contributed by atoms with Crippen LogP contribution in [0.4, 0.5) is 9.18 Å². The van der Waals surface area contributed by atoms with Gasteiger partial charge in [-0.05, 0) is 68.5 Å². The molecule has 6 nitrogen and oxygen atoms in total. The van der Waals surface area contributed by atoms with Crippen molar-refractivity contribution < 1.29 is 13.9 Å². The van der Waals surface area contributed by atoms with Crippen molar-refractivity contribution >= 4 is 27.6 Å². The van der Waals surface area contributed by atoms with E-state index in [1.807, 2.05) is 35.2 Å². The van der Waals surface area contributed by atoms with E-state index >= 15 is 0 Å². The molecule has 2 aliphatic heterocycles. The zero-order valence-corrected chi connectivity index (χ0v) is 17.9. The number of rotatable bonds is 6. The number of halogens is 1. The summed E-state index contributed by atoms with van der Waals surface area (Å²) in [4.78, 5) is 17.8. The monoisotopic (exact) mass is 440 g/mol. The van der Waals surface area contributed by atoms with Crippen LogP contribution >= 0.6 is 11.3 Å². The quantitative estimate of drug-likeness (QED) is 0.594. The summed E-state index contributed by atoms with van der Waals surface area (Å²) in [6.07, 6.45) is 5.01. The molecule has 3 heterocycles. The third kappa shape index (κ3) is 4.22. The van der Waals surface area contributed by atoms with Crippen molar-refractivity contribution in [2.75, 3.05) is 6.54 Å². The first-order valence-corrected chi connectivity index (χ1v) is 11.5. The number of nitrogens with one attached hydrogen (secondary N) is 1. The third-order valence-electron chi connectivity index (χ3n) is 6.31. The molecule has 0 saturated carbocycles. The van der Waals surface area contributed by atoms with Gasteiger partial charge in [-0.25, -0.2) is 9.18 Å². The molecule has 2 aliphatic rings. The van der Waals surface area contributed by atoms with Crippen LogP contribution in [0, 0.1) is 5.82 Å². The molecular formula is C23H25FN4O2S. The van der Waals surface area contributed by atoms with Crippen LogP contribution in [0.15, 0.2) is 42.5 Å². The molecule has 31 heavy (non-hydrogen) atoms. The number of piperidine rings is 1. The number of fused-ring (bicyclic) bond motifs is 3. The van der Waals surface area contributed by atoms with Crippen LogP contribution in [0.2, 0.25) is 0 Å². The van der Waals surface area contributed by atoms with Gasteiger partial charge in [0.05, 0.1) is 4.70 Å². The second kappa shape index (κ2) is 8.43. The van der Waals surface area contributed by atoms with E-state index in [9.17, 15) is 9.18 Å².